The summed E-state index contributed by atoms with van der Waals surface area (Å²) in [5.41, 5.74) is 4.16. The number of nitrogens with zero attached hydrogens (tertiary/aromatic N) is 7. The van der Waals surface area contributed by atoms with Crippen molar-refractivity contribution < 1.29 is 4.79 Å². The van der Waals surface area contributed by atoms with Crippen LogP contribution in [0.5, 0.6) is 0 Å². The van der Waals surface area contributed by atoms with Gasteiger partial charge in [0, 0.05) is 29.3 Å². The first-order chi connectivity index (χ1) is 17.2. The van der Waals surface area contributed by atoms with E-state index in [1.165, 1.54) is 0 Å². The highest BCUT2D eigenvalue weighted by atomic mass is 16.1. The summed E-state index contributed by atoms with van der Waals surface area (Å²) in [4.78, 5) is 22.0. The van der Waals surface area contributed by atoms with Crippen LogP contribution in [-0.4, -0.2) is 46.2 Å². The van der Waals surface area contributed by atoms with E-state index in [2.05, 4.69) is 42.6 Å². The predicted molar refractivity (Wildman–Crippen MR) is 130 cm³/mol. The Morgan fingerprint density at radius 3 is 2.57 bits per heavy atom. The fourth-order valence-electron chi connectivity index (χ4n) is 3.87. The van der Waals surface area contributed by atoms with Gasteiger partial charge < -0.3 is 0 Å². The molecular formula is C26H24N8O. The molecule has 2 aromatic carbocycles. The van der Waals surface area contributed by atoms with Crippen molar-refractivity contribution in [1.29, 1.82) is 0 Å². The number of pyridine rings is 1. The van der Waals surface area contributed by atoms with Crippen molar-refractivity contribution in [2.75, 3.05) is 0 Å². The van der Waals surface area contributed by atoms with Crippen molar-refractivity contribution >= 4 is 5.78 Å². The minimum atomic E-state index is -0.165. The van der Waals surface area contributed by atoms with Gasteiger partial charge in [0.05, 0.1) is 12.2 Å². The Labute approximate surface area is 202 Å². The van der Waals surface area contributed by atoms with Gasteiger partial charge in [-0.3, -0.25) is 9.78 Å². The van der Waals surface area contributed by atoms with E-state index in [4.69, 9.17) is 0 Å². The fraction of sp³-hybridized carbons (Fsp3) is 0.192. The van der Waals surface area contributed by atoms with E-state index < -0.39 is 0 Å². The molecule has 0 unspecified atom stereocenters. The maximum atomic E-state index is 12.9. The lowest BCUT2D eigenvalue weighted by Crippen LogP contribution is -2.08. The quantitative estimate of drug-likeness (QED) is 0.326. The Morgan fingerprint density at radius 2 is 1.83 bits per heavy atom. The van der Waals surface area contributed by atoms with Crippen molar-refractivity contribution in [1.82, 2.24) is 40.4 Å². The average Bonchev–Trinajstić information content (AvgIpc) is 3.59. The molecule has 0 aliphatic rings. The molecule has 5 aromatic rings. The molecule has 0 aliphatic carbocycles. The number of carbonyl (C=O) groups excluding carboxylic acids is 1. The maximum absolute atomic E-state index is 12.9. The molecule has 5 rings (SSSR count). The van der Waals surface area contributed by atoms with Gasteiger partial charge >= 0.3 is 0 Å². The molecule has 174 valence electrons. The highest BCUT2D eigenvalue weighted by Gasteiger charge is 2.18. The molecule has 0 radical (unpaired) electrons. The van der Waals surface area contributed by atoms with Gasteiger partial charge in [0.25, 0.3) is 0 Å². The molecule has 0 fully saturated rings. The van der Waals surface area contributed by atoms with Crippen molar-refractivity contribution in [3.05, 3.63) is 95.7 Å². The molecule has 0 spiro atoms. The van der Waals surface area contributed by atoms with Gasteiger partial charge in [-0.05, 0) is 29.3 Å². The normalized spacial score (nSPS) is 11.0. The lowest BCUT2D eigenvalue weighted by Gasteiger charge is -2.08. The van der Waals surface area contributed by atoms with E-state index in [9.17, 15) is 4.79 Å². The Morgan fingerprint density at radius 1 is 1.00 bits per heavy atom. The fourth-order valence-corrected chi connectivity index (χ4v) is 3.87. The molecule has 3 heterocycles. The van der Waals surface area contributed by atoms with Gasteiger partial charge in [0.15, 0.2) is 0 Å². The lowest BCUT2D eigenvalue weighted by molar-refractivity contribution is 0.102. The molecule has 0 atom stereocenters. The van der Waals surface area contributed by atoms with Gasteiger partial charge in [-0.1, -0.05) is 67.9 Å². The first-order valence-electron chi connectivity index (χ1n) is 11.5. The van der Waals surface area contributed by atoms with E-state index in [0.717, 1.165) is 47.5 Å². The summed E-state index contributed by atoms with van der Waals surface area (Å²) >= 11 is 0. The van der Waals surface area contributed by atoms with Crippen LogP contribution >= 0.6 is 0 Å². The van der Waals surface area contributed by atoms with Crippen LogP contribution in [-0.2, 0) is 13.0 Å². The second kappa shape index (κ2) is 10.2. The minimum absolute atomic E-state index is 0.165. The Balaban J connectivity index is 1.41. The number of tetrazole rings is 1. The summed E-state index contributed by atoms with van der Waals surface area (Å²) in [5, 5.41) is 18.9. The minimum Gasteiger partial charge on any atom is -0.285 e. The Bertz CT molecular complexity index is 1410. The topological polar surface area (TPSA) is 115 Å². The van der Waals surface area contributed by atoms with E-state index in [1.54, 1.807) is 18.3 Å². The average molecular weight is 465 g/mol. The zero-order valence-electron chi connectivity index (χ0n) is 19.3. The number of ketones is 1. The first-order valence-corrected chi connectivity index (χ1v) is 11.5. The van der Waals surface area contributed by atoms with Gasteiger partial charge in [0.2, 0.25) is 17.4 Å². The molecule has 9 nitrogen and oxygen atoms in total. The standard InChI is InChI=1S/C26H24N8O/c1-2-3-11-22-28-26(24(35)20-8-5-4-6-9-20)31-34(22)17-18-12-14-19(15-13-18)23-21(10-7-16-27-23)25-29-32-33-30-25/h4-10,12-16H,2-3,11,17H2,1H3,(H,29,30,32,33). The summed E-state index contributed by atoms with van der Waals surface area (Å²) in [6.45, 7) is 2.66. The third kappa shape index (κ3) is 4.89. The molecule has 0 saturated heterocycles. The third-order valence-corrected chi connectivity index (χ3v) is 5.70. The number of H-pyrrole nitrogens is 1. The summed E-state index contributed by atoms with van der Waals surface area (Å²) in [6, 6.07) is 21.0. The number of hydrogen-bond donors (Lipinski definition) is 1. The Kier molecular flexibility index (Phi) is 6.47. The van der Waals surface area contributed by atoms with E-state index in [-0.39, 0.29) is 11.6 Å². The van der Waals surface area contributed by atoms with Gasteiger partial charge in [-0.15, -0.1) is 15.3 Å². The number of aryl methyl sites for hydroxylation is 1. The van der Waals surface area contributed by atoms with Crippen molar-refractivity contribution in [3.63, 3.8) is 0 Å². The second-order valence-corrected chi connectivity index (χ2v) is 8.14. The molecule has 0 aliphatic heterocycles. The lowest BCUT2D eigenvalue weighted by atomic mass is 10.0. The molecule has 0 bridgehead atoms. The molecule has 35 heavy (non-hydrogen) atoms. The number of hydrogen-bond acceptors (Lipinski definition) is 7. The van der Waals surface area contributed by atoms with E-state index in [0.29, 0.717) is 17.9 Å². The largest absolute Gasteiger partial charge is 0.285 e. The number of carbonyl (C=O) groups is 1. The maximum Gasteiger partial charge on any atom is 0.232 e. The van der Waals surface area contributed by atoms with E-state index >= 15 is 0 Å². The summed E-state index contributed by atoms with van der Waals surface area (Å²) < 4.78 is 1.84. The van der Waals surface area contributed by atoms with Crippen LogP contribution in [0.15, 0.2) is 72.9 Å². The number of aromatic nitrogens is 8. The number of nitrogens with one attached hydrogen (secondary N) is 1. The van der Waals surface area contributed by atoms with Crippen molar-refractivity contribution in [2.45, 2.75) is 32.7 Å². The molecule has 9 heteroatoms. The van der Waals surface area contributed by atoms with E-state index in [1.807, 2.05) is 59.3 Å². The monoisotopic (exact) mass is 464 g/mol. The molecular weight excluding hydrogens is 440 g/mol. The zero-order chi connectivity index (χ0) is 24.0. The highest BCUT2D eigenvalue weighted by Crippen LogP contribution is 2.27. The zero-order valence-corrected chi connectivity index (χ0v) is 19.3. The number of rotatable bonds is 9. The molecule has 3 aromatic heterocycles. The SMILES string of the molecule is CCCCc1nc(C(=O)c2ccccc2)nn1Cc1ccc(-c2ncccc2-c2nn[nH]n2)cc1. The summed E-state index contributed by atoms with van der Waals surface area (Å²) in [5.74, 6) is 1.38. The number of benzene rings is 2. The van der Waals surface area contributed by atoms with Crippen LogP contribution in [0, 0.1) is 0 Å². The van der Waals surface area contributed by atoms with Crippen LogP contribution in [0.3, 0.4) is 0 Å². The highest BCUT2D eigenvalue weighted by molar-refractivity contribution is 6.06. The van der Waals surface area contributed by atoms with Gasteiger partial charge in [-0.25, -0.2) is 9.67 Å². The van der Waals surface area contributed by atoms with Crippen LogP contribution in [0.25, 0.3) is 22.6 Å². The predicted octanol–water partition coefficient (Wildman–Crippen LogP) is 4.14. The van der Waals surface area contributed by atoms with Gasteiger partial charge in [-0.2, -0.15) is 5.21 Å². The van der Waals surface area contributed by atoms with Crippen LogP contribution in [0.2, 0.25) is 0 Å². The van der Waals surface area contributed by atoms with Gasteiger partial charge in [0.1, 0.15) is 5.82 Å². The summed E-state index contributed by atoms with van der Waals surface area (Å²) in [7, 11) is 0. The van der Waals surface area contributed by atoms with Crippen molar-refractivity contribution in [3.8, 4) is 22.6 Å². The first kappa shape index (κ1) is 22.3. The second-order valence-electron chi connectivity index (χ2n) is 8.14. The van der Waals surface area contributed by atoms with Crippen molar-refractivity contribution in [2.24, 2.45) is 0 Å². The number of aromatic amines is 1. The molecule has 0 amide bonds. The molecule has 0 saturated carbocycles. The van der Waals surface area contributed by atoms with Crippen LogP contribution in [0.1, 0.15) is 47.3 Å². The third-order valence-electron chi connectivity index (χ3n) is 5.70. The Hall–Kier alpha value is -4.53. The number of unbranched alkanes of at least 4 members (excludes halogenated alkanes) is 1. The molecule has 1 N–H and O–H groups in total. The van der Waals surface area contributed by atoms with Crippen LogP contribution in [0.4, 0.5) is 0 Å². The smallest absolute Gasteiger partial charge is 0.232 e. The van der Waals surface area contributed by atoms with Crippen LogP contribution < -0.4 is 0 Å². The summed E-state index contributed by atoms with van der Waals surface area (Å²) in [6.07, 6.45) is 4.53.